The highest BCUT2D eigenvalue weighted by atomic mass is 16.2. The lowest BCUT2D eigenvalue weighted by atomic mass is 9.54. The number of hydrogen-bond acceptors (Lipinski definition) is 3. The Morgan fingerprint density at radius 3 is 2.50 bits per heavy atom. The molecule has 4 heteroatoms. The summed E-state index contributed by atoms with van der Waals surface area (Å²) >= 11 is 0. The minimum Gasteiger partial charge on any atom is -0.450 e. The summed E-state index contributed by atoms with van der Waals surface area (Å²) < 4.78 is 0. The Kier molecular flexibility index (Phi) is 6.58. The Morgan fingerprint density at radius 2 is 1.83 bits per heavy atom. The zero-order valence-electron chi connectivity index (χ0n) is 14.9. The molecule has 0 spiro atoms. The maximum Gasteiger partial charge on any atom is 0.289 e. The first-order valence-corrected chi connectivity index (χ1v) is 8.81. The molecule has 2 unspecified atom stereocenters. The van der Waals surface area contributed by atoms with Gasteiger partial charge in [-0.2, -0.15) is 0 Å². The largest absolute Gasteiger partial charge is 0.450 e. The van der Waals surface area contributed by atoms with Gasteiger partial charge in [0.25, 0.3) is 6.92 Å². The number of fused-ring (bicyclic) bond motifs is 1. The average molecular weight is 325 g/mol. The van der Waals surface area contributed by atoms with E-state index >= 15 is 0 Å². The number of hydrogen-bond donors (Lipinski definition) is 2. The molecule has 0 amide bonds. The molecule has 0 aliphatic carbocycles. The first-order valence-electron chi connectivity index (χ1n) is 8.81. The lowest BCUT2D eigenvalue weighted by molar-refractivity contribution is -0.120. The first-order chi connectivity index (χ1) is 11.4. The summed E-state index contributed by atoms with van der Waals surface area (Å²) in [6.45, 7) is 5.49. The zero-order chi connectivity index (χ0) is 17.7. The van der Waals surface area contributed by atoms with Crippen molar-refractivity contribution < 1.29 is 9.82 Å². The fourth-order valence-electron chi connectivity index (χ4n) is 3.29. The van der Waals surface area contributed by atoms with E-state index in [1.54, 1.807) is 6.82 Å². The topological polar surface area (TPSA) is 63.3 Å². The molecule has 128 valence electrons. The van der Waals surface area contributed by atoms with Crippen molar-refractivity contribution in [2.45, 2.75) is 51.8 Å². The minimum absolute atomic E-state index is 0.0175. The molecule has 3 nitrogen and oxygen atoms in total. The summed E-state index contributed by atoms with van der Waals surface area (Å²) in [5.41, 5.74) is 7.29. The standard InChI is InChI=1S/C20H28BNO2/c1-14(2)11-17(21(3)24)13-20(23)19(22)12-16-9-6-8-15-7-4-5-10-18(15)16/h4-10,14,17,19,24H,11-13,22H2,1-3H3. The van der Waals surface area contributed by atoms with Crippen LogP contribution in [0.3, 0.4) is 0 Å². The molecule has 0 fully saturated rings. The smallest absolute Gasteiger partial charge is 0.289 e. The van der Waals surface area contributed by atoms with Crippen LogP contribution in [0.15, 0.2) is 42.5 Å². The van der Waals surface area contributed by atoms with Gasteiger partial charge in [0.15, 0.2) is 0 Å². The number of ketones is 1. The molecule has 2 rings (SSSR count). The monoisotopic (exact) mass is 325 g/mol. The molecule has 24 heavy (non-hydrogen) atoms. The fourth-order valence-corrected chi connectivity index (χ4v) is 3.29. The highest BCUT2D eigenvalue weighted by Crippen LogP contribution is 2.25. The second kappa shape index (κ2) is 8.45. The van der Waals surface area contributed by atoms with Crippen molar-refractivity contribution in [1.29, 1.82) is 0 Å². The van der Waals surface area contributed by atoms with Crippen LogP contribution in [0.2, 0.25) is 12.6 Å². The summed E-state index contributed by atoms with van der Waals surface area (Å²) in [6, 6.07) is 13.7. The quantitative estimate of drug-likeness (QED) is 0.728. The van der Waals surface area contributed by atoms with Gasteiger partial charge in [-0.15, -0.1) is 0 Å². The Balaban J connectivity index is 2.07. The van der Waals surface area contributed by atoms with E-state index in [0.717, 1.165) is 22.8 Å². The van der Waals surface area contributed by atoms with Crippen LogP contribution in [-0.4, -0.2) is 23.8 Å². The molecule has 0 aliphatic rings. The summed E-state index contributed by atoms with van der Waals surface area (Å²) in [6.07, 6.45) is 1.72. The predicted molar refractivity (Wildman–Crippen MR) is 102 cm³/mol. The fraction of sp³-hybridized carbons (Fsp3) is 0.450. The number of rotatable bonds is 8. The minimum atomic E-state index is -0.524. The summed E-state index contributed by atoms with van der Waals surface area (Å²) in [7, 11) is 0. The molecule has 0 radical (unpaired) electrons. The van der Waals surface area contributed by atoms with Crippen molar-refractivity contribution in [3.63, 3.8) is 0 Å². The van der Waals surface area contributed by atoms with Crippen molar-refractivity contribution >= 4 is 23.5 Å². The number of Topliss-reactive ketones (excluding diaryl/α,β-unsaturated/α-hetero) is 1. The number of carbonyl (C=O) groups excluding carboxylic acids is 1. The van der Waals surface area contributed by atoms with E-state index in [4.69, 9.17) is 5.73 Å². The lowest BCUT2D eigenvalue weighted by Crippen LogP contribution is -2.35. The van der Waals surface area contributed by atoms with Crippen LogP contribution in [0.25, 0.3) is 10.8 Å². The maximum atomic E-state index is 12.5. The molecular formula is C20H28BNO2. The van der Waals surface area contributed by atoms with E-state index in [0.29, 0.717) is 18.8 Å². The van der Waals surface area contributed by atoms with Gasteiger partial charge < -0.3 is 10.8 Å². The van der Waals surface area contributed by atoms with E-state index in [1.165, 1.54) is 0 Å². The molecule has 0 heterocycles. The van der Waals surface area contributed by atoms with Gasteiger partial charge in [0.1, 0.15) is 5.78 Å². The Hall–Kier alpha value is -1.65. The van der Waals surface area contributed by atoms with Crippen LogP contribution in [0.1, 0.15) is 32.3 Å². The van der Waals surface area contributed by atoms with Crippen LogP contribution < -0.4 is 5.73 Å². The summed E-state index contributed by atoms with van der Waals surface area (Å²) in [4.78, 5) is 12.5. The number of benzene rings is 2. The zero-order valence-corrected chi connectivity index (χ0v) is 14.9. The number of carbonyl (C=O) groups is 1. The van der Waals surface area contributed by atoms with Crippen LogP contribution in [-0.2, 0) is 11.2 Å². The van der Waals surface area contributed by atoms with Crippen molar-refractivity contribution in [2.75, 3.05) is 0 Å². The van der Waals surface area contributed by atoms with Crippen molar-refractivity contribution in [3.8, 4) is 0 Å². The van der Waals surface area contributed by atoms with Gasteiger partial charge in [0.05, 0.1) is 6.04 Å². The molecule has 0 saturated heterocycles. The van der Waals surface area contributed by atoms with Crippen LogP contribution in [0.4, 0.5) is 0 Å². The maximum absolute atomic E-state index is 12.5. The molecule has 2 atom stereocenters. The SMILES string of the molecule is CB(O)C(CC(=O)C(N)Cc1cccc2ccccc12)CC(C)C. The van der Waals surface area contributed by atoms with Gasteiger partial charge in [0, 0.05) is 6.42 Å². The van der Waals surface area contributed by atoms with Crippen molar-refractivity contribution in [1.82, 2.24) is 0 Å². The van der Waals surface area contributed by atoms with E-state index < -0.39 is 13.0 Å². The number of nitrogens with two attached hydrogens (primary N) is 1. The molecule has 0 bridgehead atoms. The Bertz CT molecular complexity index is 679. The van der Waals surface area contributed by atoms with E-state index in [9.17, 15) is 9.82 Å². The first kappa shape index (κ1) is 18.7. The van der Waals surface area contributed by atoms with Gasteiger partial charge in [-0.25, -0.2) is 0 Å². The second-order valence-corrected chi connectivity index (χ2v) is 7.25. The van der Waals surface area contributed by atoms with E-state index in [-0.39, 0.29) is 11.6 Å². The lowest BCUT2D eigenvalue weighted by Gasteiger charge is -2.21. The van der Waals surface area contributed by atoms with Crippen LogP contribution >= 0.6 is 0 Å². The molecule has 2 aromatic rings. The molecule has 0 saturated carbocycles. The second-order valence-electron chi connectivity index (χ2n) is 7.25. The van der Waals surface area contributed by atoms with Gasteiger partial charge >= 0.3 is 0 Å². The van der Waals surface area contributed by atoms with Crippen LogP contribution in [0, 0.1) is 5.92 Å². The average Bonchev–Trinajstić information content (AvgIpc) is 2.54. The van der Waals surface area contributed by atoms with E-state index in [1.807, 2.05) is 24.3 Å². The highest BCUT2D eigenvalue weighted by molar-refractivity contribution is 6.50. The van der Waals surface area contributed by atoms with E-state index in [2.05, 4.69) is 32.0 Å². The van der Waals surface area contributed by atoms with Crippen molar-refractivity contribution in [2.24, 2.45) is 11.7 Å². The van der Waals surface area contributed by atoms with Gasteiger partial charge in [-0.1, -0.05) is 69.6 Å². The third-order valence-corrected chi connectivity index (χ3v) is 4.65. The van der Waals surface area contributed by atoms with Crippen molar-refractivity contribution in [3.05, 3.63) is 48.0 Å². The van der Waals surface area contributed by atoms with Gasteiger partial charge in [-0.3, -0.25) is 4.79 Å². The third kappa shape index (κ3) is 4.92. The van der Waals surface area contributed by atoms with Crippen LogP contribution in [0.5, 0.6) is 0 Å². The highest BCUT2D eigenvalue weighted by Gasteiger charge is 2.26. The van der Waals surface area contributed by atoms with Gasteiger partial charge in [0.2, 0.25) is 0 Å². The Labute approximate surface area is 145 Å². The molecule has 0 aromatic heterocycles. The Morgan fingerprint density at radius 1 is 1.17 bits per heavy atom. The molecule has 3 N–H and O–H groups in total. The molecule has 0 aliphatic heterocycles. The van der Waals surface area contributed by atoms with Gasteiger partial charge in [-0.05, 0) is 34.5 Å². The molecular weight excluding hydrogens is 297 g/mol. The summed E-state index contributed by atoms with van der Waals surface area (Å²) in [5, 5.41) is 12.2. The third-order valence-electron chi connectivity index (χ3n) is 4.65. The summed E-state index contributed by atoms with van der Waals surface area (Å²) in [5.74, 6) is 0.470. The normalized spacial score (nSPS) is 13.9. The predicted octanol–water partition coefficient (Wildman–Crippen LogP) is 3.70. The molecule has 2 aromatic carbocycles.